The van der Waals surface area contributed by atoms with Crippen LogP contribution < -0.4 is 5.73 Å². The number of nitrogens with zero attached hydrogens (tertiary/aromatic N) is 5. The Hall–Kier alpha value is -1.01. The average Bonchev–Trinajstić information content (AvgIpc) is 3.03. The summed E-state index contributed by atoms with van der Waals surface area (Å²) < 4.78 is 2.00. The Morgan fingerprint density at radius 3 is 2.88 bits per heavy atom. The van der Waals surface area contributed by atoms with Gasteiger partial charge in [-0.05, 0) is 43.0 Å². The van der Waals surface area contributed by atoms with Gasteiger partial charge in [-0.25, -0.2) is 4.68 Å². The predicted molar refractivity (Wildman–Crippen MR) is 63.2 cm³/mol. The monoisotopic (exact) mass is 236 g/mol. The zero-order valence-corrected chi connectivity index (χ0v) is 10.3. The lowest BCUT2D eigenvalue weighted by molar-refractivity contribution is 0.134. The van der Waals surface area contributed by atoms with Crippen LogP contribution in [-0.4, -0.2) is 43.7 Å². The van der Waals surface area contributed by atoms with E-state index in [9.17, 15) is 0 Å². The van der Waals surface area contributed by atoms with Crippen LogP contribution >= 0.6 is 0 Å². The number of piperidine rings is 1. The van der Waals surface area contributed by atoms with Gasteiger partial charge in [-0.2, -0.15) is 0 Å². The van der Waals surface area contributed by atoms with Crippen LogP contribution in [0.15, 0.2) is 0 Å². The van der Waals surface area contributed by atoms with E-state index in [1.54, 1.807) is 0 Å². The lowest BCUT2D eigenvalue weighted by atomic mass is 9.99. The van der Waals surface area contributed by atoms with E-state index in [2.05, 4.69) is 27.3 Å². The minimum absolute atomic E-state index is 0.362. The Balaban J connectivity index is 1.67. The molecule has 1 aliphatic heterocycles. The Labute approximate surface area is 101 Å². The van der Waals surface area contributed by atoms with Crippen molar-refractivity contribution in [3.05, 3.63) is 5.82 Å². The third-order valence-corrected chi connectivity index (χ3v) is 3.85. The van der Waals surface area contributed by atoms with Crippen LogP contribution in [0.2, 0.25) is 0 Å². The molecular weight excluding hydrogens is 216 g/mol. The molecule has 1 aliphatic carbocycles. The molecule has 6 nitrogen and oxygen atoms in total. The molecule has 94 valence electrons. The van der Waals surface area contributed by atoms with Gasteiger partial charge in [0, 0.05) is 18.6 Å². The first-order valence-electron chi connectivity index (χ1n) is 6.50. The first-order valence-corrected chi connectivity index (χ1v) is 6.50. The van der Waals surface area contributed by atoms with Crippen molar-refractivity contribution in [1.82, 2.24) is 25.1 Å². The fourth-order valence-electron chi connectivity index (χ4n) is 2.59. The molecule has 0 radical (unpaired) electrons. The number of hydrogen-bond donors (Lipinski definition) is 1. The molecule has 2 fully saturated rings. The average molecular weight is 236 g/mol. The fourth-order valence-corrected chi connectivity index (χ4v) is 2.59. The van der Waals surface area contributed by atoms with E-state index >= 15 is 0 Å². The van der Waals surface area contributed by atoms with Crippen LogP contribution in [0.3, 0.4) is 0 Å². The molecule has 1 saturated carbocycles. The van der Waals surface area contributed by atoms with Gasteiger partial charge in [0.2, 0.25) is 0 Å². The minimum Gasteiger partial charge on any atom is -0.328 e. The van der Waals surface area contributed by atoms with Crippen LogP contribution in [-0.2, 0) is 6.54 Å². The molecule has 0 bridgehead atoms. The predicted octanol–water partition coefficient (Wildman–Crippen LogP) is 0.320. The van der Waals surface area contributed by atoms with E-state index in [0.29, 0.717) is 18.1 Å². The second-order valence-corrected chi connectivity index (χ2v) is 5.37. The van der Waals surface area contributed by atoms with Crippen molar-refractivity contribution < 1.29 is 0 Å². The molecule has 2 atom stereocenters. The highest BCUT2D eigenvalue weighted by Crippen LogP contribution is 2.34. The number of nitrogens with two attached hydrogens (primary N) is 1. The van der Waals surface area contributed by atoms with E-state index in [0.717, 1.165) is 31.8 Å². The topological polar surface area (TPSA) is 72.9 Å². The van der Waals surface area contributed by atoms with Gasteiger partial charge in [0.25, 0.3) is 0 Å². The van der Waals surface area contributed by atoms with E-state index < -0.39 is 0 Å². The van der Waals surface area contributed by atoms with Crippen molar-refractivity contribution in [1.29, 1.82) is 0 Å². The molecule has 0 aromatic carbocycles. The van der Waals surface area contributed by atoms with Gasteiger partial charge < -0.3 is 5.73 Å². The number of hydrogen-bond acceptors (Lipinski definition) is 5. The maximum atomic E-state index is 5.98. The Bertz CT molecular complexity index is 385. The molecular formula is C11H20N6. The summed E-state index contributed by atoms with van der Waals surface area (Å²) in [6.07, 6.45) is 4.59. The molecule has 2 unspecified atom stereocenters. The summed E-state index contributed by atoms with van der Waals surface area (Å²) >= 11 is 0. The number of rotatable bonds is 3. The number of tetrazole rings is 1. The number of aromatic nitrogens is 4. The minimum atomic E-state index is 0.362. The van der Waals surface area contributed by atoms with Gasteiger partial charge in [0.05, 0.1) is 12.6 Å². The van der Waals surface area contributed by atoms with Crippen molar-refractivity contribution in [3.63, 3.8) is 0 Å². The summed E-state index contributed by atoms with van der Waals surface area (Å²) in [6, 6.07) is 1.45. The fraction of sp³-hybridized carbons (Fsp3) is 0.909. The molecule has 6 heteroatoms. The highest BCUT2D eigenvalue weighted by atomic mass is 15.6. The van der Waals surface area contributed by atoms with Gasteiger partial charge >= 0.3 is 0 Å². The van der Waals surface area contributed by atoms with Crippen LogP contribution in [0, 0.1) is 0 Å². The second kappa shape index (κ2) is 4.34. The maximum absolute atomic E-state index is 5.98. The van der Waals surface area contributed by atoms with Crippen molar-refractivity contribution in [3.8, 4) is 0 Å². The first-order chi connectivity index (χ1) is 8.24. The van der Waals surface area contributed by atoms with Crippen LogP contribution in [0.1, 0.15) is 44.5 Å². The third kappa shape index (κ3) is 2.32. The molecule has 0 amide bonds. The molecule has 2 N–H and O–H groups in total. The van der Waals surface area contributed by atoms with Crippen LogP contribution in [0.25, 0.3) is 0 Å². The summed E-state index contributed by atoms with van der Waals surface area (Å²) in [5, 5.41) is 12.0. The standard InChI is InChI=1S/C11H20N6/c1-8-6-9(12)4-5-16(8)7-11-13-14-15-17(11)10-2-3-10/h8-10H,2-7,12H2,1H3. The van der Waals surface area contributed by atoms with Gasteiger partial charge in [0.15, 0.2) is 5.82 Å². The SMILES string of the molecule is CC1CC(N)CCN1Cc1nnnn1C1CC1. The first kappa shape index (κ1) is 11.1. The zero-order chi connectivity index (χ0) is 11.8. The van der Waals surface area contributed by atoms with Gasteiger partial charge in [-0.1, -0.05) is 0 Å². The summed E-state index contributed by atoms with van der Waals surface area (Å²) in [7, 11) is 0. The Morgan fingerprint density at radius 1 is 1.35 bits per heavy atom. The number of likely N-dealkylation sites (tertiary alicyclic amines) is 1. The second-order valence-electron chi connectivity index (χ2n) is 5.37. The molecule has 1 saturated heterocycles. The molecule has 2 heterocycles. The third-order valence-electron chi connectivity index (χ3n) is 3.85. The highest BCUT2D eigenvalue weighted by Gasteiger charge is 2.30. The van der Waals surface area contributed by atoms with E-state index in [1.165, 1.54) is 12.8 Å². The smallest absolute Gasteiger partial charge is 0.165 e. The molecule has 2 aliphatic rings. The van der Waals surface area contributed by atoms with E-state index in [1.807, 2.05) is 4.68 Å². The van der Waals surface area contributed by atoms with Crippen LogP contribution in [0.5, 0.6) is 0 Å². The Kier molecular flexibility index (Phi) is 2.84. The van der Waals surface area contributed by atoms with E-state index in [-0.39, 0.29) is 0 Å². The summed E-state index contributed by atoms with van der Waals surface area (Å²) in [4.78, 5) is 2.44. The molecule has 3 rings (SSSR count). The van der Waals surface area contributed by atoms with Gasteiger partial charge in [-0.3, -0.25) is 4.90 Å². The maximum Gasteiger partial charge on any atom is 0.165 e. The normalized spacial score (nSPS) is 30.7. The van der Waals surface area contributed by atoms with Gasteiger partial charge in [-0.15, -0.1) is 5.10 Å². The summed E-state index contributed by atoms with van der Waals surface area (Å²) in [5.74, 6) is 1.01. The molecule has 1 aromatic heterocycles. The lowest BCUT2D eigenvalue weighted by Gasteiger charge is -2.35. The quantitative estimate of drug-likeness (QED) is 0.818. The molecule has 0 spiro atoms. The van der Waals surface area contributed by atoms with Crippen LogP contribution in [0.4, 0.5) is 0 Å². The van der Waals surface area contributed by atoms with Crippen molar-refractivity contribution >= 4 is 0 Å². The summed E-state index contributed by atoms with van der Waals surface area (Å²) in [6.45, 7) is 4.15. The van der Waals surface area contributed by atoms with Crippen molar-refractivity contribution in [2.24, 2.45) is 5.73 Å². The molecule has 1 aromatic rings. The molecule has 17 heavy (non-hydrogen) atoms. The highest BCUT2D eigenvalue weighted by molar-refractivity contribution is 4.92. The van der Waals surface area contributed by atoms with Crippen molar-refractivity contribution in [2.45, 2.75) is 57.3 Å². The zero-order valence-electron chi connectivity index (χ0n) is 10.3. The Morgan fingerprint density at radius 2 is 2.18 bits per heavy atom. The van der Waals surface area contributed by atoms with Gasteiger partial charge in [0.1, 0.15) is 0 Å². The van der Waals surface area contributed by atoms with Crippen molar-refractivity contribution in [2.75, 3.05) is 6.54 Å². The summed E-state index contributed by atoms with van der Waals surface area (Å²) in [5.41, 5.74) is 5.98. The lowest BCUT2D eigenvalue weighted by Crippen LogP contribution is -2.45. The largest absolute Gasteiger partial charge is 0.328 e. The van der Waals surface area contributed by atoms with E-state index in [4.69, 9.17) is 5.73 Å².